The number of likely N-dealkylation sites (tertiary alicyclic amines) is 1. The maximum Gasteiger partial charge on any atom is 0.273 e. The van der Waals surface area contributed by atoms with Crippen LogP contribution in [0.15, 0.2) is 5.38 Å². The lowest BCUT2D eigenvalue weighted by Crippen LogP contribution is -2.32. The molecule has 7 heteroatoms. The minimum Gasteiger partial charge on any atom is -0.372 e. The number of hydrogen-bond donors (Lipinski definition) is 1. The number of ether oxygens (including phenoxy) is 1. The zero-order valence-corrected chi connectivity index (χ0v) is 13.0. The Bertz CT molecular complexity index is 545. The van der Waals surface area contributed by atoms with E-state index in [0.717, 1.165) is 11.4 Å². The van der Waals surface area contributed by atoms with Crippen LogP contribution in [0.2, 0.25) is 0 Å². The molecule has 114 valence electrons. The van der Waals surface area contributed by atoms with Gasteiger partial charge in [0.15, 0.2) is 0 Å². The normalized spacial score (nSPS) is 27.7. The van der Waals surface area contributed by atoms with E-state index in [4.69, 9.17) is 4.74 Å². The van der Waals surface area contributed by atoms with Gasteiger partial charge in [0.1, 0.15) is 5.69 Å². The van der Waals surface area contributed by atoms with Crippen molar-refractivity contribution in [1.82, 2.24) is 15.2 Å². The van der Waals surface area contributed by atoms with Gasteiger partial charge in [0.05, 0.1) is 23.6 Å². The van der Waals surface area contributed by atoms with Crippen LogP contribution < -0.4 is 5.32 Å². The Hall–Kier alpha value is -1.47. The standard InChI is InChI=1S/C14H19N3O3S/c1-8-16-11(7-21-8)14(19)17-5-9-3-10(4-13(18)15-2)20-12(9)6-17/h7,9-10,12H,3-6H2,1-2H3,(H,15,18)/t9-,10+,12+/m0/s1. The number of nitrogens with zero attached hydrogens (tertiary/aromatic N) is 2. The van der Waals surface area contributed by atoms with Crippen LogP contribution in [0, 0.1) is 12.8 Å². The van der Waals surface area contributed by atoms with Crippen molar-refractivity contribution in [1.29, 1.82) is 0 Å². The fraction of sp³-hybridized carbons (Fsp3) is 0.643. The SMILES string of the molecule is CNC(=O)C[C@H]1C[C@H]2CN(C(=O)c3csc(C)n3)C[C@H]2O1. The molecule has 2 fully saturated rings. The molecule has 21 heavy (non-hydrogen) atoms. The summed E-state index contributed by atoms with van der Waals surface area (Å²) in [6, 6.07) is 0. The molecule has 3 rings (SSSR count). The first-order valence-corrected chi connectivity index (χ1v) is 8.02. The summed E-state index contributed by atoms with van der Waals surface area (Å²) in [7, 11) is 1.63. The average Bonchev–Trinajstić information content (AvgIpc) is 3.12. The van der Waals surface area contributed by atoms with Crippen molar-refractivity contribution in [3.8, 4) is 0 Å². The number of fused-ring (bicyclic) bond motifs is 1. The predicted octanol–water partition coefficient (Wildman–Crippen LogP) is 0.817. The lowest BCUT2D eigenvalue weighted by Gasteiger charge is -2.18. The van der Waals surface area contributed by atoms with Gasteiger partial charge in [-0.2, -0.15) is 0 Å². The molecule has 6 nitrogen and oxygen atoms in total. The molecule has 0 spiro atoms. The smallest absolute Gasteiger partial charge is 0.273 e. The number of hydrogen-bond acceptors (Lipinski definition) is 5. The van der Waals surface area contributed by atoms with Crippen LogP contribution in [0.25, 0.3) is 0 Å². The molecular weight excluding hydrogens is 290 g/mol. The number of carbonyl (C=O) groups excluding carboxylic acids is 2. The van der Waals surface area contributed by atoms with E-state index >= 15 is 0 Å². The Morgan fingerprint density at radius 2 is 2.33 bits per heavy atom. The largest absolute Gasteiger partial charge is 0.372 e. The van der Waals surface area contributed by atoms with Gasteiger partial charge in [0.2, 0.25) is 5.91 Å². The molecule has 1 aromatic rings. The minimum atomic E-state index is -0.0151. The number of rotatable bonds is 3. The first kappa shape index (κ1) is 14.5. The molecule has 2 aliphatic rings. The summed E-state index contributed by atoms with van der Waals surface area (Å²) < 4.78 is 5.91. The van der Waals surface area contributed by atoms with Crippen LogP contribution >= 0.6 is 11.3 Å². The summed E-state index contributed by atoms with van der Waals surface area (Å²) in [6.45, 7) is 3.20. The quantitative estimate of drug-likeness (QED) is 0.897. The number of thiazole rings is 1. The number of amides is 2. The number of nitrogens with one attached hydrogen (secondary N) is 1. The number of aryl methyl sites for hydroxylation is 1. The third kappa shape index (κ3) is 2.94. The second kappa shape index (κ2) is 5.73. The summed E-state index contributed by atoms with van der Waals surface area (Å²) in [5.41, 5.74) is 0.527. The first-order chi connectivity index (χ1) is 10.1. The zero-order chi connectivity index (χ0) is 15.0. The van der Waals surface area contributed by atoms with E-state index in [1.165, 1.54) is 11.3 Å². The summed E-state index contributed by atoms with van der Waals surface area (Å²) >= 11 is 1.49. The molecule has 0 bridgehead atoms. The zero-order valence-electron chi connectivity index (χ0n) is 12.2. The Labute approximate surface area is 127 Å². The molecule has 1 N–H and O–H groups in total. The van der Waals surface area contributed by atoms with Gasteiger partial charge in [-0.05, 0) is 13.3 Å². The molecule has 0 saturated carbocycles. The molecule has 2 amide bonds. The first-order valence-electron chi connectivity index (χ1n) is 7.14. The van der Waals surface area contributed by atoms with E-state index in [9.17, 15) is 9.59 Å². The highest BCUT2D eigenvalue weighted by molar-refractivity contribution is 7.09. The third-order valence-electron chi connectivity index (χ3n) is 4.13. The second-order valence-corrected chi connectivity index (χ2v) is 6.69. The van der Waals surface area contributed by atoms with Crippen LogP contribution in [0.5, 0.6) is 0 Å². The van der Waals surface area contributed by atoms with Crippen LogP contribution in [0.1, 0.15) is 28.3 Å². The van der Waals surface area contributed by atoms with E-state index in [1.54, 1.807) is 12.4 Å². The van der Waals surface area contributed by atoms with E-state index in [-0.39, 0.29) is 24.0 Å². The van der Waals surface area contributed by atoms with Crippen molar-refractivity contribution in [3.05, 3.63) is 16.1 Å². The molecule has 3 heterocycles. The lowest BCUT2D eigenvalue weighted by molar-refractivity contribution is -0.123. The predicted molar refractivity (Wildman–Crippen MR) is 78.2 cm³/mol. The minimum absolute atomic E-state index is 0.00542. The van der Waals surface area contributed by atoms with Gasteiger partial charge in [-0.1, -0.05) is 0 Å². The van der Waals surface area contributed by atoms with Gasteiger partial charge < -0.3 is 15.0 Å². The highest BCUT2D eigenvalue weighted by Crippen LogP contribution is 2.34. The Balaban J connectivity index is 1.57. The second-order valence-electron chi connectivity index (χ2n) is 5.63. The summed E-state index contributed by atoms with van der Waals surface area (Å²) in [5.74, 6) is 0.328. The highest BCUT2D eigenvalue weighted by atomic mass is 32.1. The van der Waals surface area contributed by atoms with Crippen LogP contribution in [0.4, 0.5) is 0 Å². The average molecular weight is 309 g/mol. The maximum atomic E-state index is 12.3. The van der Waals surface area contributed by atoms with Gasteiger partial charge in [-0.15, -0.1) is 11.3 Å². The van der Waals surface area contributed by atoms with Crippen LogP contribution in [-0.4, -0.2) is 54.0 Å². The third-order valence-corrected chi connectivity index (χ3v) is 4.90. The molecule has 0 aromatic carbocycles. The molecule has 0 unspecified atom stereocenters. The summed E-state index contributed by atoms with van der Waals surface area (Å²) in [5, 5.41) is 5.33. The van der Waals surface area contributed by atoms with Gasteiger partial charge in [-0.3, -0.25) is 9.59 Å². The van der Waals surface area contributed by atoms with E-state index in [1.807, 2.05) is 11.8 Å². The number of carbonyl (C=O) groups is 2. The topological polar surface area (TPSA) is 71.5 Å². The Kier molecular flexibility index (Phi) is 3.95. The Morgan fingerprint density at radius 1 is 1.52 bits per heavy atom. The molecule has 0 radical (unpaired) electrons. The van der Waals surface area contributed by atoms with Crippen molar-refractivity contribution >= 4 is 23.2 Å². The molecule has 1 aromatic heterocycles. The fourth-order valence-corrected chi connectivity index (χ4v) is 3.68. The molecule has 2 aliphatic heterocycles. The van der Waals surface area contributed by atoms with E-state index < -0.39 is 0 Å². The van der Waals surface area contributed by atoms with Crippen molar-refractivity contribution in [2.45, 2.75) is 32.0 Å². The van der Waals surface area contributed by atoms with Gasteiger partial charge >= 0.3 is 0 Å². The van der Waals surface area contributed by atoms with Crippen LogP contribution in [-0.2, 0) is 9.53 Å². The van der Waals surface area contributed by atoms with Gasteiger partial charge in [0.25, 0.3) is 5.91 Å². The van der Waals surface area contributed by atoms with Crippen molar-refractivity contribution < 1.29 is 14.3 Å². The summed E-state index contributed by atoms with van der Waals surface area (Å²) in [4.78, 5) is 29.8. The molecule has 0 aliphatic carbocycles. The lowest BCUT2D eigenvalue weighted by atomic mass is 10.0. The number of aromatic nitrogens is 1. The van der Waals surface area contributed by atoms with E-state index in [2.05, 4.69) is 10.3 Å². The molecule has 2 saturated heterocycles. The van der Waals surface area contributed by atoms with E-state index in [0.29, 0.717) is 31.1 Å². The van der Waals surface area contributed by atoms with Crippen molar-refractivity contribution in [3.63, 3.8) is 0 Å². The molecule has 3 atom stereocenters. The van der Waals surface area contributed by atoms with Crippen molar-refractivity contribution in [2.75, 3.05) is 20.1 Å². The van der Waals surface area contributed by atoms with Gasteiger partial charge in [-0.25, -0.2) is 4.98 Å². The maximum absolute atomic E-state index is 12.3. The Morgan fingerprint density at radius 3 is 2.95 bits per heavy atom. The summed E-state index contributed by atoms with van der Waals surface area (Å²) in [6.07, 6.45) is 1.29. The van der Waals surface area contributed by atoms with Crippen LogP contribution in [0.3, 0.4) is 0 Å². The molecular formula is C14H19N3O3S. The fourth-order valence-electron chi connectivity index (χ4n) is 3.09. The monoisotopic (exact) mass is 309 g/mol. The van der Waals surface area contributed by atoms with Crippen molar-refractivity contribution in [2.24, 2.45) is 5.92 Å². The highest BCUT2D eigenvalue weighted by Gasteiger charge is 2.44. The van der Waals surface area contributed by atoms with Gasteiger partial charge in [0, 0.05) is 31.4 Å².